The van der Waals surface area contributed by atoms with Gasteiger partial charge in [0.15, 0.2) is 10.7 Å². The van der Waals surface area contributed by atoms with E-state index in [1.165, 1.54) is 7.11 Å². The van der Waals surface area contributed by atoms with Gasteiger partial charge in [-0.1, -0.05) is 0 Å². The Labute approximate surface area is 148 Å². The van der Waals surface area contributed by atoms with Gasteiger partial charge in [-0.05, 0) is 25.0 Å². The Hall–Kier alpha value is -2.42. The van der Waals surface area contributed by atoms with Gasteiger partial charge in [0.05, 0.1) is 17.7 Å². The molecule has 0 saturated heterocycles. The minimum absolute atomic E-state index is 0.165. The Morgan fingerprint density at radius 1 is 1.42 bits per heavy atom. The molecule has 0 unspecified atom stereocenters. The van der Waals surface area contributed by atoms with E-state index in [1.807, 2.05) is 0 Å². The van der Waals surface area contributed by atoms with Gasteiger partial charge in [0, 0.05) is 13.7 Å². The Morgan fingerprint density at radius 2 is 2.12 bits per heavy atom. The van der Waals surface area contributed by atoms with Crippen LogP contribution in [0.4, 0.5) is 8.78 Å². The average Bonchev–Trinajstić information content (AvgIpc) is 2.97. The van der Waals surface area contributed by atoms with E-state index in [0.717, 1.165) is 0 Å². The summed E-state index contributed by atoms with van der Waals surface area (Å²) in [5.41, 5.74) is -0.305. The maximum atomic E-state index is 14.1. The molecule has 1 N–H and O–H groups in total. The van der Waals surface area contributed by atoms with Crippen LogP contribution in [-0.2, 0) is 27.9 Å². The smallest absolute Gasteiger partial charge is 0.247 e. The minimum atomic E-state index is -4.51. The lowest BCUT2D eigenvalue weighted by atomic mass is 10.1. The molecule has 0 spiro atoms. The zero-order valence-electron chi connectivity index (χ0n) is 13.7. The van der Waals surface area contributed by atoms with E-state index in [0.29, 0.717) is 43.2 Å². The maximum Gasteiger partial charge on any atom is 0.247 e. The Balaban J connectivity index is 1.94. The van der Waals surface area contributed by atoms with E-state index in [2.05, 4.69) is 14.8 Å². The molecule has 26 heavy (non-hydrogen) atoms. The lowest BCUT2D eigenvalue weighted by Gasteiger charge is -2.23. The molecule has 8 nitrogen and oxygen atoms in total. The number of nitrogens with zero attached hydrogens (tertiary/aromatic N) is 4. The third-order valence-corrected chi connectivity index (χ3v) is 5.41. The van der Waals surface area contributed by atoms with E-state index >= 15 is 0 Å². The fourth-order valence-electron chi connectivity index (χ4n) is 2.83. The predicted molar refractivity (Wildman–Crippen MR) is 84.1 cm³/mol. The van der Waals surface area contributed by atoms with Crippen molar-refractivity contribution in [1.82, 2.24) is 19.5 Å². The summed E-state index contributed by atoms with van der Waals surface area (Å²) < 4.78 is 62.0. The summed E-state index contributed by atoms with van der Waals surface area (Å²) in [6, 6.07) is 2.15. The molecule has 11 heteroatoms. The third kappa shape index (κ3) is 3.44. The van der Waals surface area contributed by atoms with Gasteiger partial charge >= 0.3 is 0 Å². The lowest BCUT2D eigenvalue weighted by Crippen LogP contribution is -2.34. The summed E-state index contributed by atoms with van der Waals surface area (Å²) in [6.07, 6.45) is 1.03. The van der Waals surface area contributed by atoms with Crippen molar-refractivity contribution in [2.45, 2.75) is 36.9 Å². The van der Waals surface area contributed by atoms with Gasteiger partial charge in [0.25, 0.3) is 0 Å². The van der Waals surface area contributed by atoms with Crippen LogP contribution in [0.3, 0.4) is 0 Å². The van der Waals surface area contributed by atoms with Crippen LogP contribution in [0, 0.1) is 23.0 Å². The number of hydrogen-bond acceptors (Lipinski definition) is 6. The summed E-state index contributed by atoms with van der Waals surface area (Å²) >= 11 is 0. The molecular weight excluding hydrogens is 368 g/mol. The van der Waals surface area contributed by atoms with Crippen LogP contribution < -0.4 is 4.72 Å². The quantitative estimate of drug-likeness (QED) is 0.835. The molecule has 2 heterocycles. The average molecular weight is 383 g/mol. The van der Waals surface area contributed by atoms with Crippen LogP contribution in [0.1, 0.15) is 36.1 Å². The van der Waals surface area contributed by atoms with Crippen molar-refractivity contribution in [3.63, 3.8) is 0 Å². The number of nitrogens with one attached hydrogen (secondary N) is 1. The van der Waals surface area contributed by atoms with Gasteiger partial charge < -0.3 is 4.74 Å². The molecule has 1 aliphatic rings. The standard InChI is InChI=1S/C15H15F2N5O3S/c1-25-8-13-19-15-12(3-2-4-22(15)20-13)21-26(23,24)14-10(16)5-9(7-18)6-11(14)17/h5-6,12,21H,2-4,8H2,1H3/t12-/m0/s1. The number of ether oxygens (including phenoxy) is 1. The van der Waals surface area contributed by atoms with Crippen LogP contribution in [0.25, 0.3) is 0 Å². The highest BCUT2D eigenvalue weighted by molar-refractivity contribution is 7.89. The van der Waals surface area contributed by atoms with Crippen LogP contribution in [-0.4, -0.2) is 30.3 Å². The molecule has 0 radical (unpaired) electrons. The lowest BCUT2D eigenvalue weighted by molar-refractivity contribution is 0.177. The molecule has 0 fully saturated rings. The second-order valence-corrected chi connectivity index (χ2v) is 7.39. The zero-order valence-corrected chi connectivity index (χ0v) is 14.6. The fourth-order valence-corrected chi connectivity index (χ4v) is 4.18. The first-order chi connectivity index (χ1) is 12.4. The normalized spacial score (nSPS) is 16.9. The Morgan fingerprint density at radius 3 is 2.73 bits per heavy atom. The first-order valence-corrected chi connectivity index (χ1v) is 9.18. The highest BCUT2D eigenvalue weighted by Gasteiger charge is 2.32. The summed E-state index contributed by atoms with van der Waals surface area (Å²) in [5.74, 6) is -1.90. The second-order valence-electron chi connectivity index (χ2n) is 5.74. The fraction of sp³-hybridized carbons (Fsp3) is 0.400. The molecule has 0 amide bonds. The third-order valence-electron chi connectivity index (χ3n) is 3.89. The van der Waals surface area contributed by atoms with Crippen molar-refractivity contribution in [2.24, 2.45) is 0 Å². The molecule has 1 aromatic carbocycles. The molecule has 3 rings (SSSR count). The van der Waals surface area contributed by atoms with E-state index in [1.54, 1.807) is 10.8 Å². The van der Waals surface area contributed by atoms with E-state index < -0.39 is 32.6 Å². The number of aromatic nitrogens is 3. The summed E-state index contributed by atoms with van der Waals surface area (Å²) in [6.45, 7) is 0.724. The largest absolute Gasteiger partial charge is 0.377 e. The van der Waals surface area contributed by atoms with Crippen LogP contribution >= 0.6 is 0 Å². The van der Waals surface area contributed by atoms with E-state index in [-0.39, 0.29) is 12.2 Å². The molecule has 1 aromatic heterocycles. The Bertz CT molecular complexity index is 961. The monoisotopic (exact) mass is 383 g/mol. The number of fused-ring (bicyclic) bond motifs is 1. The van der Waals surface area contributed by atoms with Crippen molar-refractivity contribution < 1.29 is 21.9 Å². The molecule has 0 aliphatic carbocycles. The summed E-state index contributed by atoms with van der Waals surface area (Å²) in [5, 5.41) is 12.9. The first kappa shape index (κ1) is 18.4. The van der Waals surface area contributed by atoms with Crippen LogP contribution in [0.2, 0.25) is 0 Å². The molecule has 0 bridgehead atoms. The van der Waals surface area contributed by atoms with Crippen molar-refractivity contribution in [3.05, 3.63) is 41.0 Å². The number of benzene rings is 1. The number of methoxy groups -OCH3 is 1. The van der Waals surface area contributed by atoms with Gasteiger partial charge in [-0.3, -0.25) is 0 Å². The zero-order chi connectivity index (χ0) is 18.9. The van der Waals surface area contributed by atoms with Gasteiger partial charge in [0.1, 0.15) is 24.1 Å². The highest BCUT2D eigenvalue weighted by atomic mass is 32.2. The summed E-state index contributed by atoms with van der Waals surface area (Å²) in [7, 11) is -3.03. The van der Waals surface area contributed by atoms with Crippen LogP contribution in [0.15, 0.2) is 17.0 Å². The van der Waals surface area contributed by atoms with E-state index in [4.69, 9.17) is 10.00 Å². The molecule has 0 saturated carbocycles. The molecule has 1 atom stereocenters. The van der Waals surface area contributed by atoms with Gasteiger partial charge in [-0.2, -0.15) is 10.4 Å². The highest BCUT2D eigenvalue weighted by Crippen LogP contribution is 2.27. The van der Waals surface area contributed by atoms with E-state index in [9.17, 15) is 17.2 Å². The number of rotatable bonds is 5. The molecular formula is C15H15F2N5O3S. The van der Waals surface area contributed by atoms with Gasteiger partial charge in [-0.25, -0.2) is 31.6 Å². The second kappa shape index (κ2) is 7.06. The minimum Gasteiger partial charge on any atom is -0.377 e. The SMILES string of the molecule is COCc1nc2n(n1)CCC[C@@H]2NS(=O)(=O)c1c(F)cc(C#N)cc1F. The number of sulfonamides is 1. The van der Waals surface area contributed by atoms with Crippen LogP contribution in [0.5, 0.6) is 0 Å². The first-order valence-electron chi connectivity index (χ1n) is 7.69. The van der Waals surface area contributed by atoms with Gasteiger partial charge in [0.2, 0.25) is 10.0 Å². The van der Waals surface area contributed by atoms with Crippen molar-refractivity contribution in [1.29, 1.82) is 5.26 Å². The van der Waals surface area contributed by atoms with Gasteiger partial charge in [-0.15, -0.1) is 0 Å². The molecule has 138 valence electrons. The predicted octanol–water partition coefficient (Wildman–Crippen LogP) is 1.39. The topological polar surface area (TPSA) is 110 Å². The Kier molecular flexibility index (Phi) is 4.99. The number of nitriles is 1. The number of halogens is 2. The number of hydrogen-bond donors (Lipinski definition) is 1. The van der Waals surface area contributed by atoms with Crippen molar-refractivity contribution in [2.75, 3.05) is 7.11 Å². The maximum absolute atomic E-state index is 14.1. The number of aryl methyl sites for hydroxylation is 1. The summed E-state index contributed by atoms with van der Waals surface area (Å²) in [4.78, 5) is 3.12. The van der Waals surface area contributed by atoms with Crippen molar-refractivity contribution >= 4 is 10.0 Å². The molecule has 2 aromatic rings. The van der Waals surface area contributed by atoms with Crippen molar-refractivity contribution in [3.8, 4) is 6.07 Å². The molecule has 1 aliphatic heterocycles.